The molecule has 0 saturated carbocycles. The highest BCUT2D eigenvalue weighted by Gasteiger charge is 2.26. The molecule has 0 aromatic rings. The van der Waals surface area contributed by atoms with Gasteiger partial charge in [0.05, 0.1) is 0 Å². The van der Waals surface area contributed by atoms with Crippen LogP contribution in [0.15, 0.2) is 16.9 Å². The van der Waals surface area contributed by atoms with Crippen LogP contribution in [0.2, 0.25) is 0 Å². The summed E-state index contributed by atoms with van der Waals surface area (Å²) < 4.78 is 0. The molecule has 0 unspecified atom stereocenters. The molecule has 3 aliphatic rings. The van der Waals surface area contributed by atoms with Crippen LogP contribution in [-0.2, 0) is 0 Å². The summed E-state index contributed by atoms with van der Waals surface area (Å²) in [6.07, 6.45) is 4.11. The molecule has 2 saturated heterocycles. The number of hydrazine groups is 1. The van der Waals surface area contributed by atoms with Gasteiger partial charge in [0, 0.05) is 58.6 Å². The minimum absolute atomic E-state index is 0.763. The van der Waals surface area contributed by atoms with Gasteiger partial charge in [0.25, 0.3) is 0 Å². The Balaban J connectivity index is 1.69. The van der Waals surface area contributed by atoms with Crippen molar-refractivity contribution in [2.24, 2.45) is 4.99 Å². The molecule has 0 aliphatic carbocycles. The molecule has 6 heteroatoms. The predicted molar refractivity (Wildman–Crippen MR) is 76.8 cm³/mol. The van der Waals surface area contributed by atoms with E-state index in [1.54, 1.807) is 0 Å². The summed E-state index contributed by atoms with van der Waals surface area (Å²) in [5.41, 5.74) is 0. The number of allylic oxidation sites excluding steroid dienone is 1. The number of nitrogens with one attached hydrogen (secondary N) is 1. The molecule has 0 amide bonds. The highest BCUT2D eigenvalue weighted by Crippen LogP contribution is 2.18. The highest BCUT2D eigenvalue weighted by molar-refractivity contribution is 5.72. The van der Waals surface area contributed by atoms with Crippen molar-refractivity contribution in [1.82, 2.24) is 25.1 Å². The summed E-state index contributed by atoms with van der Waals surface area (Å²) in [5.74, 6) is 1.32. The Morgan fingerprint density at radius 3 is 2.53 bits per heavy atom. The van der Waals surface area contributed by atoms with Gasteiger partial charge in [-0.3, -0.25) is 10.0 Å². The average Bonchev–Trinajstić information content (AvgIpc) is 2.49. The van der Waals surface area contributed by atoms with E-state index in [0.29, 0.717) is 0 Å². The fraction of sp³-hybridized carbons (Fsp3) is 0.769. The number of nitrogens with zero attached hydrogens (tertiary/aromatic N) is 5. The molecule has 3 rings (SSSR count). The number of aliphatic imine (C=N–C) groups is 1. The zero-order chi connectivity index (χ0) is 13.1. The molecule has 19 heavy (non-hydrogen) atoms. The molecule has 3 heterocycles. The minimum Gasteiger partial charge on any atom is -0.355 e. The molecule has 1 N–H and O–H groups in total. The lowest BCUT2D eigenvalue weighted by atomic mass is 10.3. The van der Waals surface area contributed by atoms with Crippen molar-refractivity contribution in [3.63, 3.8) is 0 Å². The van der Waals surface area contributed by atoms with Crippen LogP contribution in [0.25, 0.3) is 0 Å². The van der Waals surface area contributed by atoms with E-state index in [1.165, 1.54) is 5.82 Å². The van der Waals surface area contributed by atoms with Crippen LogP contribution in [0.3, 0.4) is 0 Å². The summed E-state index contributed by atoms with van der Waals surface area (Å²) >= 11 is 0. The van der Waals surface area contributed by atoms with E-state index in [1.807, 2.05) is 6.21 Å². The van der Waals surface area contributed by atoms with Crippen molar-refractivity contribution in [3.05, 3.63) is 11.9 Å². The first-order valence-corrected chi connectivity index (χ1v) is 7.21. The highest BCUT2D eigenvalue weighted by atomic mass is 15.7. The standard InChI is InChI=1S/C13H24N6/c1-16-8-10-18(11-9-16)19-12-15-3-2-13(19)17-6-4-14-5-7-17/h2-3,14H,4-12H2,1H3. The van der Waals surface area contributed by atoms with Crippen molar-refractivity contribution in [1.29, 1.82) is 0 Å². The van der Waals surface area contributed by atoms with Crippen LogP contribution < -0.4 is 5.32 Å². The predicted octanol–water partition coefficient (Wildman–Crippen LogP) is -0.761. The quantitative estimate of drug-likeness (QED) is 0.710. The largest absolute Gasteiger partial charge is 0.355 e. The van der Waals surface area contributed by atoms with Gasteiger partial charge in [-0.25, -0.2) is 5.01 Å². The third kappa shape index (κ3) is 2.91. The monoisotopic (exact) mass is 264 g/mol. The van der Waals surface area contributed by atoms with E-state index in [2.05, 4.69) is 43.3 Å². The number of hydrogen-bond acceptors (Lipinski definition) is 6. The normalized spacial score (nSPS) is 26.7. The van der Waals surface area contributed by atoms with E-state index < -0.39 is 0 Å². The van der Waals surface area contributed by atoms with Gasteiger partial charge in [-0.1, -0.05) is 0 Å². The van der Waals surface area contributed by atoms with Gasteiger partial charge >= 0.3 is 0 Å². The molecule has 106 valence electrons. The van der Waals surface area contributed by atoms with Crippen molar-refractivity contribution >= 4 is 6.21 Å². The smallest absolute Gasteiger partial charge is 0.126 e. The van der Waals surface area contributed by atoms with Crippen molar-refractivity contribution in [2.45, 2.75) is 0 Å². The van der Waals surface area contributed by atoms with E-state index in [9.17, 15) is 0 Å². The van der Waals surface area contributed by atoms with Crippen LogP contribution in [0.1, 0.15) is 0 Å². The first-order valence-electron chi connectivity index (χ1n) is 7.21. The second kappa shape index (κ2) is 5.90. The second-order valence-corrected chi connectivity index (χ2v) is 5.39. The first kappa shape index (κ1) is 12.9. The molecule has 0 bridgehead atoms. The van der Waals surface area contributed by atoms with Crippen LogP contribution >= 0.6 is 0 Å². The molecule has 0 spiro atoms. The average molecular weight is 264 g/mol. The Morgan fingerprint density at radius 1 is 1.05 bits per heavy atom. The van der Waals surface area contributed by atoms with E-state index in [0.717, 1.165) is 59.0 Å². The number of rotatable bonds is 2. The lowest BCUT2D eigenvalue weighted by molar-refractivity contribution is -0.0481. The zero-order valence-electron chi connectivity index (χ0n) is 11.8. The van der Waals surface area contributed by atoms with Crippen LogP contribution in [0.4, 0.5) is 0 Å². The molecule has 6 nitrogen and oxygen atoms in total. The lowest BCUT2D eigenvalue weighted by Crippen LogP contribution is -2.56. The van der Waals surface area contributed by atoms with Gasteiger partial charge in [0.1, 0.15) is 12.5 Å². The van der Waals surface area contributed by atoms with Gasteiger partial charge in [0.15, 0.2) is 0 Å². The molecular formula is C13H24N6. The lowest BCUT2D eigenvalue weighted by Gasteiger charge is -2.45. The van der Waals surface area contributed by atoms with Gasteiger partial charge in [-0.2, -0.15) is 0 Å². The SMILES string of the molecule is CN1CCN(N2CN=CC=C2N2CCNCC2)CC1. The molecule has 3 aliphatic heterocycles. The number of likely N-dealkylation sites (N-methyl/N-ethyl adjacent to an activating group) is 1. The fourth-order valence-corrected chi connectivity index (χ4v) is 2.84. The van der Waals surface area contributed by atoms with Crippen molar-refractivity contribution < 1.29 is 0 Å². The maximum absolute atomic E-state index is 4.42. The molecule has 0 atom stereocenters. The van der Waals surface area contributed by atoms with Gasteiger partial charge in [-0.05, 0) is 13.1 Å². The van der Waals surface area contributed by atoms with Crippen LogP contribution in [0.5, 0.6) is 0 Å². The van der Waals surface area contributed by atoms with E-state index >= 15 is 0 Å². The van der Waals surface area contributed by atoms with Gasteiger partial charge in [0.2, 0.25) is 0 Å². The Kier molecular flexibility index (Phi) is 4.00. The molecule has 2 fully saturated rings. The third-order valence-electron chi connectivity index (χ3n) is 4.07. The zero-order valence-corrected chi connectivity index (χ0v) is 11.8. The van der Waals surface area contributed by atoms with E-state index in [-0.39, 0.29) is 0 Å². The molecule has 0 radical (unpaired) electrons. The second-order valence-electron chi connectivity index (χ2n) is 5.39. The van der Waals surface area contributed by atoms with Crippen LogP contribution in [-0.4, -0.2) is 92.1 Å². The summed E-state index contributed by atoms with van der Waals surface area (Å²) in [6, 6.07) is 0. The first-order chi connectivity index (χ1) is 9.34. The Morgan fingerprint density at radius 2 is 1.79 bits per heavy atom. The topological polar surface area (TPSA) is 37.4 Å². The minimum atomic E-state index is 0.763. The summed E-state index contributed by atoms with van der Waals surface area (Å²) in [6.45, 7) is 9.54. The maximum atomic E-state index is 4.42. The summed E-state index contributed by atoms with van der Waals surface area (Å²) in [7, 11) is 2.19. The Hall–Kier alpha value is -1.11. The summed E-state index contributed by atoms with van der Waals surface area (Å²) in [5, 5.41) is 8.22. The molecule has 0 aromatic carbocycles. The summed E-state index contributed by atoms with van der Waals surface area (Å²) in [4.78, 5) is 9.28. The van der Waals surface area contributed by atoms with Crippen LogP contribution in [0, 0.1) is 0 Å². The van der Waals surface area contributed by atoms with Gasteiger partial charge < -0.3 is 15.1 Å². The third-order valence-corrected chi connectivity index (χ3v) is 4.07. The maximum Gasteiger partial charge on any atom is 0.126 e. The van der Waals surface area contributed by atoms with E-state index in [4.69, 9.17) is 0 Å². The molecular weight excluding hydrogens is 240 g/mol. The van der Waals surface area contributed by atoms with Crippen molar-refractivity contribution in [3.8, 4) is 0 Å². The Bertz CT molecular complexity index is 352. The number of hydrogen-bond donors (Lipinski definition) is 1. The fourth-order valence-electron chi connectivity index (χ4n) is 2.84. The van der Waals surface area contributed by atoms with Crippen molar-refractivity contribution in [2.75, 3.05) is 66.1 Å². The number of piperazine rings is 2. The van der Waals surface area contributed by atoms with Gasteiger partial charge in [-0.15, -0.1) is 0 Å². The molecule has 0 aromatic heterocycles. The Labute approximate surface area is 115 Å².